The van der Waals surface area contributed by atoms with Gasteiger partial charge in [0.2, 0.25) is 5.91 Å². The Balaban J connectivity index is 1.53. The predicted octanol–water partition coefficient (Wildman–Crippen LogP) is 4.01. The van der Waals surface area contributed by atoms with Crippen LogP contribution < -0.4 is 5.32 Å². The number of carbonyl (C=O) groups excluding carboxylic acids is 1. The predicted molar refractivity (Wildman–Crippen MR) is 115 cm³/mol. The molecule has 0 saturated carbocycles. The second-order valence-electron chi connectivity index (χ2n) is 8.86. The molecule has 1 saturated heterocycles. The molecule has 5 nitrogen and oxygen atoms in total. The number of furan rings is 1. The van der Waals surface area contributed by atoms with Crippen LogP contribution in [0.25, 0.3) is 0 Å². The summed E-state index contributed by atoms with van der Waals surface area (Å²) in [6.07, 6.45) is 1.24. The van der Waals surface area contributed by atoms with Gasteiger partial charge in [0.05, 0.1) is 19.3 Å². The topological polar surface area (TPSA) is 54.7 Å². The summed E-state index contributed by atoms with van der Waals surface area (Å²) < 4.78 is 11.3. The molecule has 1 aliphatic rings. The van der Waals surface area contributed by atoms with Gasteiger partial charge in [-0.25, -0.2) is 0 Å². The van der Waals surface area contributed by atoms with Crippen molar-refractivity contribution < 1.29 is 13.9 Å². The van der Waals surface area contributed by atoms with Crippen molar-refractivity contribution >= 4 is 5.91 Å². The fourth-order valence-electron chi connectivity index (χ4n) is 3.66. The number of amides is 1. The van der Waals surface area contributed by atoms with E-state index in [0.29, 0.717) is 26.2 Å². The molecule has 1 amide bonds. The maximum atomic E-state index is 12.5. The molecule has 1 N–H and O–H groups in total. The first-order chi connectivity index (χ1) is 13.8. The highest BCUT2D eigenvalue weighted by atomic mass is 16.5. The highest BCUT2D eigenvalue weighted by molar-refractivity contribution is 5.76. The molecular weight excluding hydrogens is 364 g/mol. The minimum Gasteiger partial charge on any atom is -0.465 e. The van der Waals surface area contributed by atoms with E-state index in [1.54, 1.807) is 0 Å². The smallest absolute Gasteiger partial charge is 0.220 e. The Labute approximate surface area is 174 Å². The molecule has 1 atom stereocenters. The van der Waals surface area contributed by atoms with E-state index >= 15 is 0 Å². The van der Waals surface area contributed by atoms with Gasteiger partial charge in [-0.3, -0.25) is 9.69 Å². The van der Waals surface area contributed by atoms with E-state index < -0.39 is 0 Å². The molecule has 1 unspecified atom stereocenters. The molecule has 1 aliphatic heterocycles. The number of carbonyl (C=O) groups is 1. The number of aryl methyl sites for hydroxylation is 2. The summed E-state index contributed by atoms with van der Waals surface area (Å²) >= 11 is 0. The van der Waals surface area contributed by atoms with Gasteiger partial charge in [-0.2, -0.15) is 0 Å². The van der Waals surface area contributed by atoms with E-state index in [1.165, 1.54) is 11.1 Å². The van der Waals surface area contributed by atoms with Crippen LogP contribution in [-0.2, 0) is 21.4 Å². The Hall–Kier alpha value is -2.11. The normalized spacial score (nSPS) is 16.6. The van der Waals surface area contributed by atoms with Gasteiger partial charge >= 0.3 is 0 Å². The third-order valence-electron chi connectivity index (χ3n) is 5.53. The van der Waals surface area contributed by atoms with Crippen molar-refractivity contribution in [3.05, 3.63) is 59.0 Å². The molecule has 3 rings (SSSR count). The van der Waals surface area contributed by atoms with Gasteiger partial charge in [-0.15, -0.1) is 0 Å². The van der Waals surface area contributed by atoms with Crippen LogP contribution in [0.2, 0.25) is 0 Å². The van der Waals surface area contributed by atoms with Crippen molar-refractivity contribution in [1.82, 2.24) is 10.2 Å². The average Bonchev–Trinajstić information content (AvgIpc) is 3.13. The standard InChI is InChI=1S/C24H34N2O3/c1-18-5-11-22(29-18)21(26-13-15-28-16-14-26)17-25-23(27)12-8-19-6-9-20(10-7-19)24(2,3)4/h5-7,9-11,21H,8,12-17H2,1-4H3,(H,25,27). The molecule has 0 bridgehead atoms. The lowest BCUT2D eigenvalue weighted by Gasteiger charge is -2.33. The lowest BCUT2D eigenvalue weighted by Crippen LogP contribution is -2.43. The number of hydrogen-bond donors (Lipinski definition) is 1. The maximum Gasteiger partial charge on any atom is 0.220 e. The highest BCUT2D eigenvalue weighted by Crippen LogP contribution is 2.24. The molecule has 0 radical (unpaired) electrons. The van der Waals surface area contributed by atoms with Gasteiger partial charge in [0.1, 0.15) is 11.5 Å². The molecule has 0 aliphatic carbocycles. The first kappa shape index (κ1) is 21.6. The first-order valence-corrected chi connectivity index (χ1v) is 10.6. The lowest BCUT2D eigenvalue weighted by molar-refractivity contribution is -0.121. The summed E-state index contributed by atoms with van der Waals surface area (Å²) in [6, 6.07) is 12.6. The van der Waals surface area contributed by atoms with E-state index in [0.717, 1.165) is 31.0 Å². The zero-order valence-electron chi connectivity index (χ0n) is 18.2. The largest absolute Gasteiger partial charge is 0.465 e. The Bertz CT molecular complexity index is 783. The zero-order chi connectivity index (χ0) is 20.9. The summed E-state index contributed by atoms with van der Waals surface area (Å²) in [5.74, 6) is 1.87. The maximum absolute atomic E-state index is 12.5. The van der Waals surface area contributed by atoms with Crippen LogP contribution in [0, 0.1) is 6.92 Å². The number of hydrogen-bond acceptors (Lipinski definition) is 4. The minimum absolute atomic E-state index is 0.0441. The third kappa shape index (κ3) is 6.18. The SMILES string of the molecule is Cc1ccc(C(CNC(=O)CCc2ccc(C(C)(C)C)cc2)N2CCOCC2)o1. The minimum atomic E-state index is 0.0441. The number of benzene rings is 1. The summed E-state index contributed by atoms with van der Waals surface area (Å²) in [7, 11) is 0. The van der Waals surface area contributed by atoms with Gasteiger partial charge in [-0.1, -0.05) is 45.0 Å². The molecule has 5 heteroatoms. The lowest BCUT2D eigenvalue weighted by atomic mass is 9.86. The summed E-state index contributed by atoms with van der Waals surface area (Å²) in [5, 5.41) is 3.11. The molecule has 1 fully saturated rings. The van der Waals surface area contributed by atoms with Crippen molar-refractivity contribution in [3.8, 4) is 0 Å². The summed E-state index contributed by atoms with van der Waals surface area (Å²) in [4.78, 5) is 14.8. The van der Waals surface area contributed by atoms with Gasteiger partial charge in [0, 0.05) is 26.1 Å². The van der Waals surface area contributed by atoms with E-state index in [1.807, 2.05) is 19.1 Å². The first-order valence-electron chi connectivity index (χ1n) is 10.6. The van der Waals surface area contributed by atoms with Crippen LogP contribution in [0.3, 0.4) is 0 Å². The fraction of sp³-hybridized carbons (Fsp3) is 0.542. The second-order valence-corrected chi connectivity index (χ2v) is 8.86. The van der Waals surface area contributed by atoms with Crippen molar-refractivity contribution in [2.24, 2.45) is 0 Å². The quantitative estimate of drug-likeness (QED) is 0.766. The van der Waals surface area contributed by atoms with E-state index in [-0.39, 0.29) is 17.4 Å². The van der Waals surface area contributed by atoms with E-state index in [2.05, 4.69) is 55.3 Å². The molecular formula is C24H34N2O3. The van der Waals surface area contributed by atoms with Gasteiger partial charge in [0.25, 0.3) is 0 Å². The van der Waals surface area contributed by atoms with Crippen LogP contribution in [0.5, 0.6) is 0 Å². The Morgan fingerprint density at radius 2 is 1.79 bits per heavy atom. The van der Waals surface area contributed by atoms with E-state index in [9.17, 15) is 4.79 Å². The molecule has 158 valence electrons. The summed E-state index contributed by atoms with van der Waals surface area (Å²) in [5.41, 5.74) is 2.65. The van der Waals surface area contributed by atoms with Crippen molar-refractivity contribution in [2.75, 3.05) is 32.8 Å². The van der Waals surface area contributed by atoms with Crippen LogP contribution >= 0.6 is 0 Å². The van der Waals surface area contributed by atoms with Crippen molar-refractivity contribution in [3.63, 3.8) is 0 Å². The highest BCUT2D eigenvalue weighted by Gasteiger charge is 2.25. The van der Waals surface area contributed by atoms with Gasteiger partial charge < -0.3 is 14.5 Å². The number of ether oxygens (including phenoxy) is 1. The number of rotatable bonds is 7. The summed E-state index contributed by atoms with van der Waals surface area (Å²) in [6.45, 7) is 12.3. The fourth-order valence-corrected chi connectivity index (χ4v) is 3.66. The van der Waals surface area contributed by atoms with Gasteiger partial charge in [-0.05, 0) is 42.0 Å². The molecule has 2 heterocycles. The van der Waals surface area contributed by atoms with Crippen LogP contribution in [0.15, 0.2) is 40.8 Å². The van der Waals surface area contributed by atoms with Crippen molar-refractivity contribution in [1.29, 1.82) is 0 Å². The molecule has 0 spiro atoms. The van der Waals surface area contributed by atoms with Crippen LogP contribution in [0.1, 0.15) is 55.9 Å². The van der Waals surface area contributed by atoms with Gasteiger partial charge in [0.15, 0.2) is 0 Å². The van der Waals surface area contributed by atoms with Crippen molar-refractivity contribution in [2.45, 2.75) is 52.0 Å². The zero-order valence-corrected chi connectivity index (χ0v) is 18.2. The Morgan fingerprint density at radius 1 is 1.10 bits per heavy atom. The molecule has 2 aromatic rings. The average molecular weight is 399 g/mol. The number of morpholine rings is 1. The molecule has 29 heavy (non-hydrogen) atoms. The second kappa shape index (κ2) is 9.59. The Morgan fingerprint density at radius 3 is 2.38 bits per heavy atom. The monoisotopic (exact) mass is 398 g/mol. The van der Waals surface area contributed by atoms with Crippen LogP contribution in [-0.4, -0.2) is 43.7 Å². The number of nitrogens with zero attached hydrogens (tertiary/aromatic N) is 1. The third-order valence-corrected chi connectivity index (χ3v) is 5.53. The number of nitrogens with one attached hydrogen (secondary N) is 1. The molecule has 1 aromatic heterocycles. The van der Waals surface area contributed by atoms with Crippen LogP contribution in [0.4, 0.5) is 0 Å². The van der Waals surface area contributed by atoms with E-state index in [4.69, 9.17) is 9.15 Å². The molecule has 1 aromatic carbocycles. The Kier molecular flexibility index (Phi) is 7.14.